The highest BCUT2D eigenvalue weighted by Crippen LogP contribution is 2.40. The second-order valence-electron chi connectivity index (χ2n) is 7.37. The summed E-state index contributed by atoms with van der Waals surface area (Å²) in [6.07, 6.45) is 0.734. The van der Waals surface area contributed by atoms with E-state index in [0.717, 1.165) is 54.6 Å². The van der Waals surface area contributed by atoms with E-state index in [1.54, 1.807) is 4.52 Å². The molecular formula is C21H29N5O3S. The van der Waals surface area contributed by atoms with Crippen molar-refractivity contribution < 1.29 is 14.9 Å². The van der Waals surface area contributed by atoms with E-state index in [9.17, 15) is 10.2 Å². The maximum Gasteiger partial charge on any atom is 0.230 e. The number of hydrogen-bond donors (Lipinski definition) is 2. The zero-order chi connectivity index (χ0) is 21.1. The fourth-order valence-corrected chi connectivity index (χ4v) is 5.08. The van der Waals surface area contributed by atoms with Crippen LogP contribution in [0.25, 0.3) is 4.96 Å². The molecule has 1 saturated heterocycles. The predicted octanol–water partition coefficient (Wildman–Crippen LogP) is 2.16. The molecule has 8 nitrogen and oxygen atoms in total. The van der Waals surface area contributed by atoms with Crippen molar-refractivity contribution in [3.05, 3.63) is 40.5 Å². The number of β-amino-alcohol motifs (C(OH)–C–C–N with tert-alkyl or cyclic N) is 1. The van der Waals surface area contributed by atoms with Gasteiger partial charge in [-0.05, 0) is 24.6 Å². The summed E-state index contributed by atoms with van der Waals surface area (Å²) in [4.78, 5) is 10.8. The third kappa shape index (κ3) is 4.15. The minimum Gasteiger partial charge on any atom is -0.494 e. The van der Waals surface area contributed by atoms with Gasteiger partial charge in [0.2, 0.25) is 10.8 Å². The van der Waals surface area contributed by atoms with Crippen LogP contribution in [0.1, 0.15) is 36.2 Å². The third-order valence-corrected chi connectivity index (χ3v) is 6.58. The molecule has 2 aromatic heterocycles. The van der Waals surface area contributed by atoms with Gasteiger partial charge in [0.15, 0.2) is 5.82 Å². The first kappa shape index (κ1) is 21.0. The van der Waals surface area contributed by atoms with Gasteiger partial charge in [-0.25, -0.2) is 4.98 Å². The summed E-state index contributed by atoms with van der Waals surface area (Å²) >= 11 is 1.50. The third-order valence-electron chi connectivity index (χ3n) is 5.50. The Balaban J connectivity index is 1.68. The van der Waals surface area contributed by atoms with Crippen LogP contribution in [0.3, 0.4) is 0 Å². The Hall–Kier alpha value is -2.20. The molecule has 0 aliphatic carbocycles. The van der Waals surface area contributed by atoms with E-state index in [0.29, 0.717) is 18.1 Å². The molecule has 2 N–H and O–H groups in total. The molecule has 3 heterocycles. The summed E-state index contributed by atoms with van der Waals surface area (Å²) < 4.78 is 7.16. The molecule has 1 atom stereocenters. The largest absolute Gasteiger partial charge is 0.494 e. The van der Waals surface area contributed by atoms with Crippen molar-refractivity contribution in [3.63, 3.8) is 0 Å². The van der Waals surface area contributed by atoms with Crippen LogP contribution in [0.2, 0.25) is 0 Å². The van der Waals surface area contributed by atoms with Gasteiger partial charge in [-0.3, -0.25) is 9.80 Å². The number of nitrogens with zero attached hydrogens (tertiary/aromatic N) is 5. The molecule has 0 amide bonds. The number of rotatable bonds is 8. The van der Waals surface area contributed by atoms with Gasteiger partial charge < -0.3 is 14.9 Å². The minimum atomic E-state index is -0.0875. The van der Waals surface area contributed by atoms with Crippen molar-refractivity contribution in [1.82, 2.24) is 24.4 Å². The molecule has 3 aromatic rings. The van der Waals surface area contributed by atoms with Crippen molar-refractivity contribution in [1.29, 1.82) is 0 Å². The summed E-state index contributed by atoms with van der Waals surface area (Å²) in [6, 6.07) is 8.02. The van der Waals surface area contributed by atoms with Crippen molar-refractivity contribution in [2.45, 2.75) is 26.3 Å². The molecule has 30 heavy (non-hydrogen) atoms. The summed E-state index contributed by atoms with van der Waals surface area (Å²) in [5.41, 5.74) is 1.10. The van der Waals surface area contributed by atoms with Gasteiger partial charge >= 0.3 is 0 Å². The lowest BCUT2D eigenvalue weighted by Crippen LogP contribution is -2.48. The Morgan fingerprint density at radius 1 is 1.13 bits per heavy atom. The smallest absolute Gasteiger partial charge is 0.230 e. The van der Waals surface area contributed by atoms with Gasteiger partial charge in [-0.2, -0.15) is 4.52 Å². The van der Waals surface area contributed by atoms with Crippen LogP contribution in [0.5, 0.6) is 11.6 Å². The van der Waals surface area contributed by atoms with E-state index in [-0.39, 0.29) is 18.5 Å². The Bertz CT molecular complexity index is 963. The normalized spacial score (nSPS) is 16.9. The Labute approximate surface area is 180 Å². The van der Waals surface area contributed by atoms with E-state index in [4.69, 9.17) is 4.74 Å². The Morgan fingerprint density at radius 3 is 2.47 bits per heavy atom. The van der Waals surface area contributed by atoms with Crippen molar-refractivity contribution in [2.75, 3.05) is 45.9 Å². The highest BCUT2D eigenvalue weighted by Gasteiger charge is 2.31. The summed E-state index contributed by atoms with van der Waals surface area (Å²) in [6.45, 7) is 8.96. The van der Waals surface area contributed by atoms with Crippen LogP contribution in [0.15, 0.2) is 24.3 Å². The van der Waals surface area contributed by atoms with Crippen LogP contribution in [-0.2, 0) is 6.42 Å². The van der Waals surface area contributed by atoms with Crippen LogP contribution in [0.4, 0.5) is 0 Å². The van der Waals surface area contributed by atoms with E-state index < -0.39 is 0 Å². The Kier molecular flexibility index (Phi) is 6.52. The Morgan fingerprint density at radius 2 is 1.87 bits per heavy atom. The molecule has 1 aliphatic rings. The number of aliphatic hydroxyl groups excluding tert-OH is 1. The van der Waals surface area contributed by atoms with Gasteiger partial charge in [0, 0.05) is 39.1 Å². The summed E-state index contributed by atoms with van der Waals surface area (Å²) in [7, 11) is 0. The molecule has 162 valence electrons. The number of thiazole rings is 1. The monoisotopic (exact) mass is 431 g/mol. The minimum absolute atomic E-state index is 0.0875. The lowest BCUT2D eigenvalue weighted by Gasteiger charge is -2.39. The average molecular weight is 432 g/mol. The number of aromatic nitrogens is 3. The number of piperazine rings is 1. The highest BCUT2D eigenvalue weighted by atomic mass is 32.1. The highest BCUT2D eigenvalue weighted by molar-refractivity contribution is 7.17. The average Bonchev–Trinajstić information content (AvgIpc) is 3.30. The first-order chi connectivity index (χ1) is 14.6. The van der Waals surface area contributed by atoms with Crippen LogP contribution >= 0.6 is 11.3 Å². The molecule has 4 rings (SSSR count). The van der Waals surface area contributed by atoms with Crippen LogP contribution in [-0.4, -0.2) is 80.5 Å². The molecule has 1 fully saturated rings. The van der Waals surface area contributed by atoms with E-state index in [2.05, 4.69) is 32.0 Å². The van der Waals surface area contributed by atoms with Crippen molar-refractivity contribution >= 4 is 16.3 Å². The number of ether oxygens (including phenoxy) is 1. The molecule has 9 heteroatoms. The van der Waals surface area contributed by atoms with Crippen LogP contribution in [0, 0.1) is 0 Å². The number of aromatic hydroxyl groups is 1. The van der Waals surface area contributed by atoms with E-state index in [1.807, 2.05) is 26.0 Å². The van der Waals surface area contributed by atoms with Crippen molar-refractivity contribution in [2.24, 2.45) is 0 Å². The molecule has 0 saturated carbocycles. The van der Waals surface area contributed by atoms with Gasteiger partial charge in [0.1, 0.15) is 5.75 Å². The zero-order valence-corrected chi connectivity index (χ0v) is 18.3. The quantitative estimate of drug-likeness (QED) is 0.565. The molecule has 1 aliphatic heterocycles. The molecule has 0 spiro atoms. The van der Waals surface area contributed by atoms with E-state index >= 15 is 0 Å². The maximum absolute atomic E-state index is 11.0. The molecular weight excluding hydrogens is 402 g/mol. The lowest BCUT2D eigenvalue weighted by atomic mass is 10.0. The molecule has 1 aromatic carbocycles. The first-order valence-corrected chi connectivity index (χ1v) is 11.3. The topological polar surface area (TPSA) is 86.4 Å². The number of aryl methyl sites for hydroxylation is 1. The molecule has 0 bridgehead atoms. The van der Waals surface area contributed by atoms with Gasteiger partial charge in [0.05, 0.1) is 24.1 Å². The molecule has 0 radical (unpaired) electrons. The van der Waals surface area contributed by atoms with Crippen molar-refractivity contribution in [3.8, 4) is 11.6 Å². The second-order valence-corrected chi connectivity index (χ2v) is 8.38. The number of hydrogen-bond acceptors (Lipinski definition) is 8. The summed E-state index contributed by atoms with van der Waals surface area (Å²) in [5.74, 6) is 1.74. The van der Waals surface area contributed by atoms with Gasteiger partial charge in [-0.1, -0.05) is 30.4 Å². The standard InChI is InChI=1S/C21H29N5O3S/c1-3-17-22-21-26(23-17)20(28)19(30-21)18(15-5-7-16(8-6-15)29-4-2)25-11-9-24(10-12-25)13-14-27/h5-8,18,27-28H,3-4,9-14H2,1-2H3. The first-order valence-electron chi connectivity index (χ1n) is 10.5. The predicted molar refractivity (Wildman–Crippen MR) is 116 cm³/mol. The fourth-order valence-electron chi connectivity index (χ4n) is 3.95. The second kappa shape index (κ2) is 9.30. The van der Waals surface area contributed by atoms with Gasteiger partial charge in [0.25, 0.3) is 0 Å². The number of benzene rings is 1. The fraction of sp³-hybridized carbons (Fsp3) is 0.524. The maximum atomic E-state index is 11.0. The van der Waals surface area contributed by atoms with Gasteiger partial charge in [-0.15, -0.1) is 5.10 Å². The molecule has 1 unspecified atom stereocenters. The number of fused-ring (bicyclic) bond motifs is 1. The lowest BCUT2D eigenvalue weighted by molar-refractivity contribution is 0.0945. The number of aliphatic hydroxyl groups is 1. The van der Waals surface area contributed by atoms with Crippen LogP contribution < -0.4 is 4.74 Å². The van der Waals surface area contributed by atoms with E-state index in [1.165, 1.54) is 11.3 Å². The zero-order valence-electron chi connectivity index (χ0n) is 17.5. The SMILES string of the molecule is CCOc1ccc(C(c2sc3nc(CC)nn3c2O)N2CCN(CCO)CC2)cc1. The summed E-state index contributed by atoms with van der Waals surface area (Å²) in [5, 5.41) is 24.7.